The molecule has 2 rings (SSSR count). The molecule has 0 amide bonds. The van der Waals surface area contributed by atoms with Gasteiger partial charge in [-0.15, -0.1) is 0 Å². The third-order valence-corrected chi connectivity index (χ3v) is 2.27. The first-order valence-electron chi connectivity index (χ1n) is 4.21. The quantitative estimate of drug-likeness (QED) is 0.585. The van der Waals surface area contributed by atoms with Crippen molar-refractivity contribution in [2.24, 2.45) is 0 Å². The zero-order valence-electron chi connectivity index (χ0n) is 7.50. The van der Waals surface area contributed by atoms with Crippen LogP contribution in [0.5, 0.6) is 0 Å². The van der Waals surface area contributed by atoms with E-state index in [1.165, 1.54) is 0 Å². The molecule has 0 aromatic heterocycles. The van der Waals surface area contributed by atoms with Gasteiger partial charge < -0.3 is 0 Å². The van der Waals surface area contributed by atoms with Crippen molar-refractivity contribution in [3.05, 3.63) is 53.6 Å². The maximum atomic E-state index is 11.7. The van der Waals surface area contributed by atoms with Crippen molar-refractivity contribution >= 4 is 11.4 Å². The highest BCUT2D eigenvalue weighted by Crippen LogP contribution is 2.27. The summed E-state index contributed by atoms with van der Waals surface area (Å²) >= 11 is 0. The Hall–Kier alpha value is -1.63. The molecule has 0 aliphatic heterocycles. The van der Waals surface area contributed by atoms with Crippen LogP contribution in [0.4, 0.5) is 0 Å². The summed E-state index contributed by atoms with van der Waals surface area (Å²) in [6.45, 7) is 5.73. The Morgan fingerprint density at radius 2 is 1.77 bits per heavy atom. The van der Waals surface area contributed by atoms with Gasteiger partial charge in [0.2, 0.25) is 0 Å². The van der Waals surface area contributed by atoms with Crippen LogP contribution >= 0.6 is 0 Å². The molecule has 0 saturated carbocycles. The number of hydrogen-bond acceptors (Lipinski definition) is 1. The van der Waals surface area contributed by atoms with Crippen molar-refractivity contribution in [3.8, 4) is 0 Å². The molecule has 0 fully saturated rings. The Kier molecular flexibility index (Phi) is 1.66. The molecule has 1 heteroatoms. The second-order valence-corrected chi connectivity index (χ2v) is 3.23. The number of carbonyl (C=O) groups excluding carboxylic acids is 1. The van der Waals surface area contributed by atoms with Gasteiger partial charge in [0.1, 0.15) is 0 Å². The lowest BCUT2D eigenvalue weighted by Gasteiger charge is -2.14. The zero-order valence-corrected chi connectivity index (χ0v) is 7.50. The molecule has 0 heterocycles. The van der Waals surface area contributed by atoms with Gasteiger partial charge >= 0.3 is 0 Å². The highest BCUT2D eigenvalue weighted by Gasteiger charge is 2.18. The summed E-state index contributed by atoms with van der Waals surface area (Å²) in [6, 6.07) is 7.58. The van der Waals surface area contributed by atoms with Crippen LogP contribution in [0.3, 0.4) is 0 Å². The first-order chi connectivity index (χ1) is 6.20. The van der Waals surface area contributed by atoms with E-state index in [1.54, 1.807) is 0 Å². The Balaban J connectivity index is 2.69. The third-order valence-electron chi connectivity index (χ3n) is 2.27. The van der Waals surface area contributed by atoms with Crippen LogP contribution in [-0.4, -0.2) is 5.78 Å². The van der Waals surface area contributed by atoms with Gasteiger partial charge in [-0.3, -0.25) is 4.79 Å². The monoisotopic (exact) mass is 170 g/mol. The van der Waals surface area contributed by atoms with Crippen molar-refractivity contribution in [1.82, 2.24) is 0 Å². The predicted molar refractivity (Wildman–Crippen MR) is 53.6 cm³/mol. The van der Waals surface area contributed by atoms with Gasteiger partial charge in [-0.2, -0.15) is 0 Å². The summed E-state index contributed by atoms with van der Waals surface area (Å²) in [5.74, 6) is 0.114. The van der Waals surface area contributed by atoms with Gasteiger partial charge in [0, 0.05) is 5.56 Å². The maximum Gasteiger partial charge on any atom is 0.189 e. The highest BCUT2D eigenvalue weighted by atomic mass is 16.1. The van der Waals surface area contributed by atoms with E-state index < -0.39 is 0 Å². The summed E-state index contributed by atoms with van der Waals surface area (Å²) in [7, 11) is 0. The number of ketones is 1. The smallest absolute Gasteiger partial charge is 0.189 e. The van der Waals surface area contributed by atoms with Gasteiger partial charge in [0.25, 0.3) is 0 Å². The maximum absolute atomic E-state index is 11.7. The van der Waals surface area contributed by atoms with E-state index in [-0.39, 0.29) is 5.78 Å². The minimum absolute atomic E-state index is 0.114. The van der Waals surface area contributed by atoms with E-state index in [4.69, 9.17) is 0 Å². The molecule has 0 atom stereocenters. The van der Waals surface area contributed by atoms with Crippen LogP contribution in [0, 0.1) is 0 Å². The van der Waals surface area contributed by atoms with E-state index in [0.29, 0.717) is 0 Å². The Bertz CT molecular complexity index is 425. The molecule has 1 aliphatic rings. The van der Waals surface area contributed by atoms with E-state index in [9.17, 15) is 4.79 Å². The molecule has 0 N–H and O–H groups in total. The molecule has 1 nitrogen and oxygen atoms in total. The summed E-state index contributed by atoms with van der Waals surface area (Å²) < 4.78 is 0. The molecule has 0 radical (unpaired) electrons. The lowest BCUT2D eigenvalue weighted by molar-refractivity contribution is 0.103. The highest BCUT2D eigenvalue weighted by molar-refractivity contribution is 6.15. The molecular formula is C12H10O. The van der Waals surface area contributed by atoms with Crippen LogP contribution in [0.2, 0.25) is 0 Å². The van der Waals surface area contributed by atoms with Crippen molar-refractivity contribution in [3.63, 3.8) is 0 Å². The van der Waals surface area contributed by atoms with Crippen molar-refractivity contribution < 1.29 is 4.79 Å². The van der Waals surface area contributed by atoms with Crippen LogP contribution in [0.1, 0.15) is 22.8 Å². The second kappa shape index (κ2) is 2.70. The van der Waals surface area contributed by atoms with Crippen LogP contribution in [-0.2, 0) is 0 Å². The van der Waals surface area contributed by atoms with E-state index >= 15 is 0 Å². The Labute approximate surface area is 77.4 Å². The fourth-order valence-electron chi connectivity index (χ4n) is 1.58. The van der Waals surface area contributed by atoms with Crippen LogP contribution in [0.25, 0.3) is 5.57 Å². The van der Waals surface area contributed by atoms with Crippen LogP contribution in [0.15, 0.2) is 42.5 Å². The molecular weight excluding hydrogens is 160 g/mol. The largest absolute Gasteiger partial charge is 0.289 e. The molecule has 0 spiro atoms. The molecule has 13 heavy (non-hydrogen) atoms. The predicted octanol–water partition coefficient (Wildman–Crippen LogP) is 2.84. The normalized spacial score (nSPS) is 15.3. The summed E-state index contributed by atoms with van der Waals surface area (Å²) in [5.41, 5.74) is 3.42. The van der Waals surface area contributed by atoms with Crippen molar-refractivity contribution in [1.29, 1.82) is 0 Å². The lowest BCUT2D eigenvalue weighted by atomic mass is 9.88. The first kappa shape index (κ1) is 7.99. The first-order valence-corrected chi connectivity index (χ1v) is 4.21. The van der Waals surface area contributed by atoms with Gasteiger partial charge in [0.05, 0.1) is 0 Å². The average molecular weight is 170 g/mol. The number of fused-ring (bicyclic) bond motifs is 1. The molecule has 0 unspecified atom stereocenters. The van der Waals surface area contributed by atoms with Crippen LogP contribution < -0.4 is 0 Å². The molecule has 0 bridgehead atoms. The molecule has 64 valence electrons. The summed E-state index contributed by atoms with van der Waals surface area (Å²) in [5, 5.41) is 0. The van der Waals surface area contributed by atoms with E-state index in [1.807, 2.05) is 37.3 Å². The van der Waals surface area contributed by atoms with Crippen molar-refractivity contribution in [2.75, 3.05) is 0 Å². The molecule has 1 aromatic carbocycles. The summed E-state index contributed by atoms with van der Waals surface area (Å²) in [6.07, 6.45) is 1.84. The minimum Gasteiger partial charge on any atom is -0.289 e. The van der Waals surface area contributed by atoms with Gasteiger partial charge in [0.15, 0.2) is 5.78 Å². The average Bonchev–Trinajstić information content (AvgIpc) is 2.15. The Morgan fingerprint density at radius 1 is 1.15 bits per heavy atom. The zero-order chi connectivity index (χ0) is 9.42. The number of Topliss-reactive ketones (excluding diaryl/α,β-unsaturated/α-hetero) is 1. The number of allylic oxidation sites excluding steroid dienone is 3. The fraction of sp³-hybridized carbons (Fsp3) is 0.0833. The summed E-state index contributed by atoms with van der Waals surface area (Å²) in [4.78, 5) is 11.7. The number of rotatable bonds is 0. The van der Waals surface area contributed by atoms with E-state index in [2.05, 4.69) is 6.58 Å². The molecule has 1 aromatic rings. The molecule has 1 aliphatic carbocycles. The van der Waals surface area contributed by atoms with Gasteiger partial charge in [-0.1, -0.05) is 30.8 Å². The second-order valence-electron chi connectivity index (χ2n) is 3.23. The lowest BCUT2D eigenvalue weighted by Crippen LogP contribution is -2.08. The van der Waals surface area contributed by atoms with Gasteiger partial charge in [-0.05, 0) is 29.7 Å². The topological polar surface area (TPSA) is 17.1 Å². The fourth-order valence-corrected chi connectivity index (χ4v) is 1.58. The third kappa shape index (κ3) is 1.13. The van der Waals surface area contributed by atoms with E-state index in [0.717, 1.165) is 22.3 Å². The number of hydrogen-bond donors (Lipinski definition) is 0. The molecule has 0 saturated heterocycles. The number of carbonyl (C=O) groups is 1. The van der Waals surface area contributed by atoms with Crippen molar-refractivity contribution in [2.45, 2.75) is 6.92 Å². The SMILES string of the molecule is C=C1C=C(C)C(=O)c2ccccc21. The standard InChI is InChI=1S/C12H10O/c1-8-7-9(2)12(13)11-6-4-3-5-10(8)11/h3-7H,1H2,2H3. The minimum atomic E-state index is 0.114. The number of benzene rings is 1. The van der Waals surface area contributed by atoms with Gasteiger partial charge in [-0.25, -0.2) is 0 Å². The Morgan fingerprint density at radius 3 is 2.46 bits per heavy atom.